The number of aromatic nitrogens is 3. The van der Waals surface area contributed by atoms with Crippen LogP contribution in [0.4, 0.5) is 0 Å². The van der Waals surface area contributed by atoms with Crippen molar-refractivity contribution in [3.05, 3.63) is 11.9 Å². The molecular weight excluding hydrogens is 842 g/mol. The van der Waals surface area contributed by atoms with Crippen LogP contribution in [0.1, 0.15) is 134 Å². The number of carbonyl (C=O) groups is 4. The molecule has 0 fully saturated rings. The summed E-state index contributed by atoms with van der Waals surface area (Å²) in [6, 6.07) is 0. The number of methoxy groups -OCH3 is 1. The van der Waals surface area contributed by atoms with Crippen LogP contribution in [0.25, 0.3) is 0 Å². The summed E-state index contributed by atoms with van der Waals surface area (Å²) in [7, 11) is 5.96. The van der Waals surface area contributed by atoms with Crippen molar-refractivity contribution in [3.63, 3.8) is 0 Å². The molecule has 1 aromatic rings. The SMILES string of the molecule is BC(C)(C)CC(C)(C)SCC(C)C(=O)OCCOC(=O)CCN(CCC(=O)OCCOC(=O)C(C)CSC(C)(C)CC(C)C)Cc1cn(CCC(B)(C)OCCC(C)(C)OC)nn1. The van der Waals surface area contributed by atoms with Crippen LogP contribution in [0, 0.1) is 17.8 Å². The summed E-state index contributed by atoms with van der Waals surface area (Å²) in [5.74, 6) is -0.251. The number of thioether (sulfide) groups is 2. The first kappa shape index (κ1) is 58.7. The third-order valence-electron chi connectivity index (χ3n) is 10.2. The van der Waals surface area contributed by atoms with Crippen LogP contribution in [0.15, 0.2) is 6.20 Å². The van der Waals surface area contributed by atoms with E-state index in [1.165, 1.54) is 0 Å². The van der Waals surface area contributed by atoms with Gasteiger partial charge in [-0.2, -0.15) is 23.5 Å². The normalized spacial score (nSPS) is 14.6. The van der Waals surface area contributed by atoms with E-state index in [0.29, 0.717) is 49.2 Å². The van der Waals surface area contributed by atoms with Crippen LogP contribution in [0.2, 0.25) is 5.31 Å². The molecule has 63 heavy (non-hydrogen) atoms. The van der Waals surface area contributed by atoms with Crippen molar-refractivity contribution in [2.75, 3.05) is 64.7 Å². The summed E-state index contributed by atoms with van der Waals surface area (Å²) in [6.07, 6.45) is 5.48. The summed E-state index contributed by atoms with van der Waals surface area (Å²) in [5, 5.41) is 8.86. The third kappa shape index (κ3) is 29.1. The first-order valence-electron chi connectivity index (χ1n) is 22.8. The van der Waals surface area contributed by atoms with Crippen molar-refractivity contribution in [3.8, 4) is 0 Å². The number of esters is 4. The second-order valence-corrected chi connectivity index (χ2v) is 24.3. The Bertz CT molecular complexity index is 1520. The summed E-state index contributed by atoms with van der Waals surface area (Å²) < 4.78 is 35.1. The summed E-state index contributed by atoms with van der Waals surface area (Å²) in [5.41, 5.74) is 0.0238. The maximum absolute atomic E-state index is 12.8. The maximum Gasteiger partial charge on any atom is 0.309 e. The van der Waals surface area contributed by atoms with Crippen molar-refractivity contribution in [2.24, 2.45) is 17.8 Å². The Hall–Kier alpha value is -2.27. The molecule has 362 valence electrons. The fraction of sp³-hybridized carbons (Fsp3) is 0.867. The smallest absolute Gasteiger partial charge is 0.309 e. The zero-order valence-electron chi connectivity index (χ0n) is 42.0. The predicted octanol–water partition coefficient (Wildman–Crippen LogP) is 6.17. The first-order chi connectivity index (χ1) is 29.0. The average molecular weight is 927 g/mol. The number of aryl methyl sites for hydroxylation is 1. The molecule has 0 bridgehead atoms. The molecule has 0 saturated heterocycles. The predicted molar refractivity (Wildman–Crippen MR) is 260 cm³/mol. The van der Waals surface area contributed by atoms with E-state index in [4.69, 9.17) is 28.4 Å². The Kier molecular flexibility index (Phi) is 26.1. The lowest BCUT2D eigenvalue weighted by Crippen LogP contribution is -2.34. The molecular formula is C45H84B2N4O10S2. The van der Waals surface area contributed by atoms with Crippen molar-refractivity contribution in [2.45, 2.75) is 168 Å². The van der Waals surface area contributed by atoms with E-state index in [2.05, 4.69) is 73.5 Å². The van der Waals surface area contributed by atoms with Crippen LogP contribution in [0.5, 0.6) is 0 Å². The molecule has 0 amide bonds. The molecule has 3 unspecified atom stereocenters. The maximum atomic E-state index is 12.8. The van der Waals surface area contributed by atoms with E-state index in [1.807, 2.05) is 53.6 Å². The van der Waals surface area contributed by atoms with Gasteiger partial charge < -0.3 is 28.4 Å². The fourth-order valence-electron chi connectivity index (χ4n) is 6.88. The van der Waals surface area contributed by atoms with Crippen LogP contribution >= 0.6 is 23.5 Å². The van der Waals surface area contributed by atoms with Gasteiger partial charge in [-0.1, -0.05) is 79.8 Å². The summed E-state index contributed by atoms with van der Waals surface area (Å²) in [4.78, 5) is 52.7. The molecule has 0 saturated carbocycles. The number of rotatable bonds is 34. The number of hydrogen-bond acceptors (Lipinski definition) is 15. The largest absolute Gasteiger partial charge is 0.462 e. The van der Waals surface area contributed by atoms with E-state index in [9.17, 15) is 19.2 Å². The number of ether oxygens (including phenoxy) is 6. The van der Waals surface area contributed by atoms with Gasteiger partial charge in [-0.25, -0.2) is 0 Å². The van der Waals surface area contributed by atoms with Crippen molar-refractivity contribution < 1.29 is 47.6 Å². The van der Waals surface area contributed by atoms with E-state index < -0.39 is 11.9 Å². The van der Waals surface area contributed by atoms with Gasteiger partial charge in [0.05, 0.1) is 36.0 Å². The topological polar surface area (TPSA) is 158 Å². The highest BCUT2D eigenvalue weighted by atomic mass is 32.2. The standard InChI is InChI=1S/C45H84B2N4O10S2/c1-33(2)27-43(9,10)62-30-34(3)39(54)59-25-23-57-37(52)15-19-50(28-36-29-51(49-48-36)21-17-45(13,47)61-22-18-42(7,8)56-14)20-16-38(53)58-24-26-60-40(55)35(4)31-63-44(11,12)32-41(5,6)46/h29,33-35H,15-28,30-32,46-47H2,1-14H3. The Labute approximate surface area is 391 Å². The monoisotopic (exact) mass is 927 g/mol. The van der Waals surface area contributed by atoms with Gasteiger partial charge in [0.1, 0.15) is 42.1 Å². The molecule has 14 nitrogen and oxygen atoms in total. The van der Waals surface area contributed by atoms with Gasteiger partial charge >= 0.3 is 23.9 Å². The number of hydrogen-bond donors (Lipinski definition) is 0. The van der Waals surface area contributed by atoms with E-state index in [-0.39, 0.29) is 102 Å². The van der Waals surface area contributed by atoms with Crippen LogP contribution in [0.3, 0.4) is 0 Å². The molecule has 18 heteroatoms. The minimum atomic E-state index is -0.455. The molecule has 0 aromatic carbocycles. The van der Waals surface area contributed by atoms with E-state index in [1.54, 1.807) is 35.3 Å². The highest BCUT2D eigenvalue weighted by Gasteiger charge is 2.29. The van der Waals surface area contributed by atoms with Crippen LogP contribution in [-0.2, 0) is 60.7 Å². The lowest BCUT2D eigenvalue weighted by molar-refractivity contribution is -0.154. The molecule has 3 atom stereocenters. The molecule has 0 aliphatic carbocycles. The summed E-state index contributed by atoms with van der Waals surface area (Å²) in [6.45, 7) is 29.3. The first-order valence-corrected chi connectivity index (χ1v) is 24.7. The molecule has 1 heterocycles. The molecule has 0 aliphatic heterocycles. The Morgan fingerprint density at radius 1 is 0.730 bits per heavy atom. The van der Waals surface area contributed by atoms with Crippen molar-refractivity contribution in [1.29, 1.82) is 0 Å². The number of carbonyl (C=O) groups excluding carboxylic acids is 4. The quantitative estimate of drug-likeness (QED) is 0.0335. The lowest BCUT2D eigenvalue weighted by atomic mass is 9.67. The molecule has 1 aromatic heterocycles. The van der Waals surface area contributed by atoms with Gasteiger partial charge in [0, 0.05) is 72.6 Å². The second kappa shape index (κ2) is 28.0. The highest BCUT2D eigenvalue weighted by molar-refractivity contribution is 8.00. The zero-order valence-corrected chi connectivity index (χ0v) is 43.7. The van der Waals surface area contributed by atoms with Gasteiger partial charge in [0.15, 0.2) is 0 Å². The van der Waals surface area contributed by atoms with Crippen molar-refractivity contribution in [1.82, 2.24) is 19.9 Å². The zero-order chi connectivity index (χ0) is 48.1. The van der Waals surface area contributed by atoms with Crippen molar-refractivity contribution >= 4 is 63.1 Å². The number of nitrogens with zero attached hydrogens (tertiary/aromatic N) is 4. The molecule has 0 radical (unpaired) electrons. The van der Waals surface area contributed by atoms with Gasteiger partial charge in [-0.05, 0) is 52.4 Å². The Balaban J connectivity index is 2.73. The van der Waals surface area contributed by atoms with Gasteiger partial charge in [0.2, 0.25) is 0 Å². The molecule has 0 N–H and O–H groups in total. The minimum absolute atomic E-state index is 0.0244. The fourth-order valence-corrected chi connectivity index (χ4v) is 9.54. The van der Waals surface area contributed by atoms with Gasteiger partial charge in [-0.15, -0.1) is 5.10 Å². The van der Waals surface area contributed by atoms with Crippen LogP contribution < -0.4 is 0 Å². The van der Waals surface area contributed by atoms with E-state index >= 15 is 0 Å². The van der Waals surface area contributed by atoms with Crippen LogP contribution in [-0.4, -0.2) is 145 Å². The second-order valence-electron chi connectivity index (χ2n) is 20.9. The third-order valence-corrected chi connectivity index (χ3v) is 13.4. The van der Waals surface area contributed by atoms with E-state index in [0.717, 1.165) is 19.3 Å². The lowest BCUT2D eigenvalue weighted by Gasteiger charge is -2.32. The molecule has 1 rings (SSSR count). The Morgan fingerprint density at radius 3 is 1.70 bits per heavy atom. The van der Waals surface area contributed by atoms with Gasteiger partial charge in [0.25, 0.3) is 0 Å². The summed E-state index contributed by atoms with van der Waals surface area (Å²) >= 11 is 3.53. The average Bonchev–Trinajstić information content (AvgIpc) is 3.62. The highest BCUT2D eigenvalue weighted by Crippen LogP contribution is 2.40. The minimum Gasteiger partial charge on any atom is -0.462 e. The molecule has 0 aliphatic rings. The molecule has 0 spiro atoms. The Morgan fingerprint density at radius 2 is 1.22 bits per heavy atom. The van der Waals surface area contributed by atoms with Gasteiger partial charge in [-0.3, -0.25) is 28.8 Å².